The van der Waals surface area contributed by atoms with Crippen molar-refractivity contribution in [1.29, 1.82) is 0 Å². The molecule has 0 amide bonds. The van der Waals surface area contributed by atoms with Crippen molar-refractivity contribution in [2.24, 2.45) is 10.2 Å². The van der Waals surface area contributed by atoms with Crippen LogP contribution in [0.2, 0.25) is 0 Å². The molecule has 3 rings (SSSR count). The minimum absolute atomic E-state index is 0.141. The van der Waals surface area contributed by atoms with E-state index in [-0.39, 0.29) is 6.61 Å². The number of rotatable bonds is 7. The average Bonchev–Trinajstić information content (AvgIpc) is 3.18. The fourth-order valence-electron chi connectivity index (χ4n) is 2.38. The number of azo groups is 1. The van der Waals surface area contributed by atoms with E-state index in [1.807, 2.05) is 60.5 Å². The second-order valence-corrected chi connectivity index (χ2v) is 5.62. The lowest BCUT2D eigenvalue weighted by atomic mass is 10.2. The molecule has 1 N–H and O–H groups in total. The number of oxazole rings is 1. The number of hydrogen-bond donors (Lipinski definition) is 1. The molecule has 0 fully saturated rings. The lowest BCUT2D eigenvalue weighted by Crippen LogP contribution is -2.20. The Labute approximate surface area is 146 Å². The first-order valence-electron chi connectivity index (χ1n) is 8.03. The largest absolute Gasteiger partial charge is 0.444 e. The van der Waals surface area contributed by atoms with Crippen LogP contribution in [-0.4, -0.2) is 30.3 Å². The molecule has 1 heterocycles. The van der Waals surface area contributed by atoms with Crippen molar-refractivity contribution in [2.75, 3.05) is 25.1 Å². The van der Waals surface area contributed by atoms with Crippen molar-refractivity contribution in [2.45, 2.75) is 6.54 Å². The third-order valence-corrected chi connectivity index (χ3v) is 3.84. The minimum Gasteiger partial charge on any atom is -0.444 e. The third kappa shape index (κ3) is 4.51. The van der Waals surface area contributed by atoms with Gasteiger partial charge in [-0.2, -0.15) is 10.2 Å². The van der Waals surface area contributed by atoms with Crippen molar-refractivity contribution in [3.05, 3.63) is 66.7 Å². The predicted molar refractivity (Wildman–Crippen MR) is 97.0 cm³/mol. The van der Waals surface area contributed by atoms with Crippen molar-refractivity contribution >= 4 is 11.4 Å². The van der Waals surface area contributed by atoms with Crippen LogP contribution in [0.3, 0.4) is 0 Å². The van der Waals surface area contributed by atoms with E-state index in [9.17, 15) is 0 Å². The molecule has 2 aromatic carbocycles. The van der Waals surface area contributed by atoms with Gasteiger partial charge in [0.25, 0.3) is 0 Å². The highest BCUT2D eigenvalue weighted by Gasteiger charge is 2.01. The summed E-state index contributed by atoms with van der Waals surface area (Å²) in [4.78, 5) is 5.91. The van der Waals surface area contributed by atoms with Crippen LogP contribution in [0.5, 0.6) is 0 Å². The van der Waals surface area contributed by atoms with E-state index in [0.717, 1.165) is 28.3 Å². The summed E-state index contributed by atoms with van der Waals surface area (Å²) in [6, 6.07) is 15.7. The molecule has 1 aromatic heterocycles. The maximum atomic E-state index is 8.97. The summed E-state index contributed by atoms with van der Waals surface area (Å²) in [5.41, 5.74) is 3.91. The fourth-order valence-corrected chi connectivity index (χ4v) is 2.38. The van der Waals surface area contributed by atoms with Crippen LogP contribution in [0.25, 0.3) is 11.3 Å². The molecule has 6 nitrogen and oxygen atoms in total. The van der Waals surface area contributed by atoms with Gasteiger partial charge in [-0.1, -0.05) is 12.1 Å². The Hall–Kier alpha value is -2.99. The Kier molecular flexibility index (Phi) is 5.53. The van der Waals surface area contributed by atoms with Gasteiger partial charge in [-0.3, -0.25) is 0 Å². The van der Waals surface area contributed by atoms with Gasteiger partial charge in [-0.15, -0.1) is 0 Å². The van der Waals surface area contributed by atoms with Crippen LogP contribution in [0.1, 0.15) is 5.56 Å². The highest BCUT2D eigenvalue weighted by atomic mass is 16.3. The van der Waals surface area contributed by atoms with Gasteiger partial charge in [0.05, 0.1) is 25.0 Å². The molecule has 0 bridgehead atoms. The number of aliphatic hydroxyl groups is 1. The van der Waals surface area contributed by atoms with E-state index in [1.165, 1.54) is 6.39 Å². The quantitative estimate of drug-likeness (QED) is 0.660. The molecule has 0 aliphatic carbocycles. The summed E-state index contributed by atoms with van der Waals surface area (Å²) < 4.78 is 5.26. The number of hydrogen-bond acceptors (Lipinski definition) is 6. The zero-order valence-corrected chi connectivity index (χ0v) is 14.0. The number of benzene rings is 2. The van der Waals surface area contributed by atoms with Crippen LogP contribution < -0.4 is 4.90 Å². The number of anilines is 1. The highest BCUT2D eigenvalue weighted by Crippen LogP contribution is 2.22. The molecule has 0 aliphatic heterocycles. The van der Waals surface area contributed by atoms with Gasteiger partial charge in [-0.25, -0.2) is 4.98 Å². The van der Waals surface area contributed by atoms with E-state index in [1.54, 1.807) is 6.20 Å². The molecule has 25 heavy (non-hydrogen) atoms. The van der Waals surface area contributed by atoms with Gasteiger partial charge >= 0.3 is 0 Å². The maximum absolute atomic E-state index is 8.97. The molecule has 0 radical (unpaired) electrons. The van der Waals surface area contributed by atoms with Crippen LogP contribution in [0, 0.1) is 0 Å². The van der Waals surface area contributed by atoms with Gasteiger partial charge in [0.1, 0.15) is 0 Å². The van der Waals surface area contributed by atoms with E-state index in [2.05, 4.69) is 15.2 Å². The van der Waals surface area contributed by atoms with Crippen LogP contribution in [0.15, 0.2) is 75.8 Å². The summed E-state index contributed by atoms with van der Waals surface area (Å²) in [6.07, 6.45) is 3.09. The summed E-state index contributed by atoms with van der Waals surface area (Å²) in [5, 5.41) is 17.5. The monoisotopic (exact) mass is 336 g/mol. The highest BCUT2D eigenvalue weighted by molar-refractivity contribution is 5.59. The second-order valence-electron chi connectivity index (χ2n) is 5.62. The zero-order valence-electron chi connectivity index (χ0n) is 14.0. The van der Waals surface area contributed by atoms with E-state index < -0.39 is 0 Å². The molecule has 0 spiro atoms. The maximum Gasteiger partial charge on any atom is 0.181 e. The molecule has 128 valence electrons. The Morgan fingerprint density at radius 1 is 1.08 bits per heavy atom. The number of aliphatic hydroxyl groups excluding tert-OH is 1. The second kappa shape index (κ2) is 8.21. The van der Waals surface area contributed by atoms with Crippen molar-refractivity contribution in [3.8, 4) is 11.3 Å². The van der Waals surface area contributed by atoms with Crippen molar-refractivity contribution in [1.82, 2.24) is 4.98 Å². The van der Waals surface area contributed by atoms with Crippen LogP contribution in [0.4, 0.5) is 11.4 Å². The number of aromatic nitrogens is 1. The van der Waals surface area contributed by atoms with Crippen molar-refractivity contribution in [3.63, 3.8) is 0 Å². The Balaban J connectivity index is 1.57. The molecule has 0 saturated heterocycles. The van der Waals surface area contributed by atoms with Crippen LogP contribution >= 0.6 is 0 Å². The molecule has 0 atom stereocenters. The number of nitrogens with zero attached hydrogens (tertiary/aromatic N) is 4. The topological polar surface area (TPSA) is 74.2 Å². The molecular formula is C19H20N4O2. The van der Waals surface area contributed by atoms with Gasteiger partial charge in [0.2, 0.25) is 0 Å². The summed E-state index contributed by atoms with van der Waals surface area (Å²) >= 11 is 0. The van der Waals surface area contributed by atoms with Gasteiger partial charge in [0, 0.05) is 24.8 Å². The van der Waals surface area contributed by atoms with E-state index in [0.29, 0.717) is 13.1 Å². The van der Waals surface area contributed by atoms with Gasteiger partial charge < -0.3 is 14.4 Å². The lowest BCUT2D eigenvalue weighted by molar-refractivity contribution is 0.304. The summed E-state index contributed by atoms with van der Waals surface area (Å²) in [6.45, 7) is 1.28. The SMILES string of the molecule is CN(CCO)c1ccc(CN=Nc2ccc(-c3cnco3)cc2)cc1. The summed E-state index contributed by atoms with van der Waals surface area (Å²) in [7, 11) is 1.95. The molecule has 0 aliphatic rings. The first-order valence-corrected chi connectivity index (χ1v) is 8.03. The fraction of sp³-hybridized carbons (Fsp3) is 0.211. The molecule has 6 heteroatoms. The third-order valence-electron chi connectivity index (χ3n) is 3.84. The molecular weight excluding hydrogens is 316 g/mol. The Bertz CT molecular complexity index is 796. The number of likely N-dealkylation sites (N-methyl/N-ethyl adjacent to an activating group) is 1. The molecule has 0 unspecified atom stereocenters. The standard InChI is InChI=1S/C19H20N4O2/c1-23(10-11-24)18-8-2-15(3-9-18)12-21-22-17-6-4-16(5-7-17)19-13-20-14-25-19/h2-9,13-14,24H,10-12H2,1H3. The van der Waals surface area contributed by atoms with Gasteiger partial charge in [0.15, 0.2) is 12.2 Å². The van der Waals surface area contributed by atoms with Gasteiger partial charge in [-0.05, 0) is 42.0 Å². The average molecular weight is 336 g/mol. The van der Waals surface area contributed by atoms with Crippen LogP contribution in [-0.2, 0) is 6.54 Å². The predicted octanol–water partition coefficient (Wildman–Crippen LogP) is 4.05. The summed E-state index contributed by atoms with van der Waals surface area (Å²) in [5.74, 6) is 0.731. The van der Waals surface area contributed by atoms with E-state index in [4.69, 9.17) is 9.52 Å². The first kappa shape index (κ1) is 16.9. The zero-order chi connectivity index (χ0) is 17.5. The first-order chi connectivity index (χ1) is 12.3. The smallest absolute Gasteiger partial charge is 0.181 e. The minimum atomic E-state index is 0.141. The van der Waals surface area contributed by atoms with Crippen molar-refractivity contribution < 1.29 is 9.52 Å². The Morgan fingerprint density at radius 3 is 2.48 bits per heavy atom. The normalized spacial score (nSPS) is 11.1. The Morgan fingerprint density at radius 2 is 1.84 bits per heavy atom. The molecule has 3 aromatic rings. The molecule has 0 saturated carbocycles. The van der Waals surface area contributed by atoms with E-state index >= 15 is 0 Å². The lowest BCUT2D eigenvalue weighted by Gasteiger charge is -2.17.